The predicted octanol–water partition coefficient (Wildman–Crippen LogP) is 2.73. The van der Waals surface area contributed by atoms with Crippen molar-refractivity contribution in [3.63, 3.8) is 0 Å². The average molecular weight is 428 g/mol. The number of hydrogen-bond acceptors (Lipinski definition) is 7. The van der Waals surface area contributed by atoms with E-state index in [-0.39, 0.29) is 43.5 Å². The standard InChI is InChI=1S/C21H20N2O6S/c1-27-15-7-8-16-17(11-15)29-13-22(18(16)24)9-10-28-20-19(25)23(21(26)30-20)12-14-5-3-2-4-6-14/h2-8,11,20H,9-10,12-13H2,1H3. The van der Waals surface area contributed by atoms with Crippen LogP contribution in [0.5, 0.6) is 11.5 Å². The summed E-state index contributed by atoms with van der Waals surface area (Å²) < 4.78 is 16.4. The van der Waals surface area contributed by atoms with E-state index in [1.54, 1.807) is 25.3 Å². The zero-order valence-corrected chi connectivity index (χ0v) is 17.1. The number of hydrogen-bond donors (Lipinski definition) is 0. The van der Waals surface area contributed by atoms with Crippen molar-refractivity contribution in [2.75, 3.05) is 27.0 Å². The molecule has 2 aliphatic rings. The molecule has 3 amide bonds. The number of benzene rings is 2. The monoisotopic (exact) mass is 428 g/mol. The average Bonchev–Trinajstić information content (AvgIpc) is 3.03. The second-order valence-electron chi connectivity index (χ2n) is 6.70. The van der Waals surface area contributed by atoms with Crippen LogP contribution in [0.1, 0.15) is 15.9 Å². The summed E-state index contributed by atoms with van der Waals surface area (Å²) in [6, 6.07) is 14.3. The molecule has 0 saturated carbocycles. The lowest BCUT2D eigenvalue weighted by Crippen LogP contribution is -2.41. The molecule has 2 aromatic carbocycles. The summed E-state index contributed by atoms with van der Waals surface area (Å²) in [5, 5.41) is -0.339. The molecule has 0 N–H and O–H groups in total. The summed E-state index contributed by atoms with van der Waals surface area (Å²) in [5.74, 6) is 0.516. The van der Waals surface area contributed by atoms with Gasteiger partial charge in [-0.3, -0.25) is 19.3 Å². The molecule has 0 aromatic heterocycles. The third kappa shape index (κ3) is 4.12. The Kier molecular flexibility index (Phi) is 5.91. The minimum absolute atomic E-state index is 0.0766. The predicted molar refractivity (Wildman–Crippen MR) is 109 cm³/mol. The summed E-state index contributed by atoms with van der Waals surface area (Å²) in [5.41, 5.74) is 0.406. The van der Waals surface area contributed by atoms with Gasteiger partial charge < -0.3 is 19.1 Å². The van der Waals surface area contributed by atoms with Gasteiger partial charge in [-0.1, -0.05) is 30.3 Å². The Morgan fingerprint density at radius 3 is 2.70 bits per heavy atom. The van der Waals surface area contributed by atoms with Crippen LogP contribution in [0, 0.1) is 0 Å². The molecule has 9 heteroatoms. The normalized spacial score (nSPS) is 18.4. The molecule has 1 unspecified atom stereocenters. The number of fused-ring (bicyclic) bond motifs is 1. The van der Waals surface area contributed by atoms with Crippen LogP contribution in [-0.2, 0) is 16.1 Å². The number of methoxy groups -OCH3 is 1. The largest absolute Gasteiger partial charge is 0.497 e. The molecule has 4 rings (SSSR count). The van der Waals surface area contributed by atoms with Gasteiger partial charge in [0.15, 0.2) is 12.2 Å². The molecule has 0 bridgehead atoms. The van der Waals surface area contributed by atoms with E-state index in [4.69, 9.17) is 14.2 Å². The Bertz CT molecular complexity index is 967. The molecule has 2 aromatic rings. The number of thioether (sulfide) groups is 1. The Balaban J connectivity index is 1.31. The molecule has 1 fully saturated rings. The molecule has 0 aliphatic carbocycles. The van der Waals surface area contributed by atoms with Gasteiger partial charge >= 0.3 is 0 Å². The van der Waals surface area contributed by atoms with Crippen LogP contribution >= 0.6 is 11.8 Å². The van der Waals surface area contributed by atoms with E-state index in [1.165, 1.54) is 9.80 Å². The first-order valence-electron chi connectivity index (χ1n) is 9.34. The van der Waals surface area contributed by atoms with E-state index >= 15 is 0 Å². The van der Waals surface area contributed by atoms with Crippen LogP contribution in [0.25, 0.3) is 0 Å². The zero-order valence-electron chi connectivity index (χ0n) is 16.3. The number of rotatable bonds is 7. The highest BCUT2D eigenvalue weighted by atomic mass is 32.2. The first-order valence-corrected chi connectivity index (χ1v) is 10.2. The fraction of sp³-hybridized carbons (Fsp3) is 0.286. The molecule has 2 aliphatic heterocycles. The van der Waals surface area contributed by atoms with Crippen LogP contribution in [0.2, 0.25) is 0 Å². The van der Waals surface area contributed by atoms with E-state index in [0.717, 1.165) is 17.3 Å². The van der Waals surface area contributed by atoms with Gasteiger partial charge in [0.2, 0.25) is 0 Å². The van der Waals surface area contributed by atoms with Crippen molar-refractivity contribution in [1.82, 2.24) is 9.80 Å². The van der Waals surface area contributed by atoms with E-state index < -0.39 is 5.44 Å². The van der Waals surface area contributed by atoms with Crippen LogP contribution in [-0.4, -0.2) is 59.3 Å². The van der Waals surface area contributed by atoms with E-state index in [2.05, 4.69) is 0 Å². The SMILES string of the molecule is COc1ccc2c(c1)OCN(CCOC1SC(=O)N(Cc3ccccc3)C1=O)C2=O. The van der Waals surface area contributed by atoms with Crippen molar-refractivity contribution >= 4 is 28.8 Å². The molecule has 1 atom stereocenters. The Morgan fingerprint density at radius 1 is 1.13 bits per heavy atom. The van der Waals surface area contributed by atoms with Crippen molar-refractivity contribution in [3.8, 4) is 11.5 Å². The molecule has 0 radical (unpaired) electrons. The molecule has 1 saturated heterocycles. The van der Waals surface area contributed by atoms with E-state index in [0.29, 0.717) is 17.1 Å². The maximum Gasteiger partial charge on any atom is 0.291 e. The second-order valence-corrected chi connectivity index (χ2v) is 7.71. The molecular formula is C21H20N2O6S. The number of nitrogens with zero attached hydrogens (tertiary/aromatic N) is 2. The number of imide groups is 1. The number of ether oxygens (including phenoxy) is 3. The van der Waals surface area contributed by atoms with Crippen molar-refractivity contribution < 1.29 is 28.6 Å². The molecule has 30 heavy (non-hydrogen) atoms. The third-order valence-electron chi connectivity index (χ3n) is 4.79. The number of carbonyl (C=O) groups is 3. The van der Waals surface area contributed by atoms with Gasteiger partial charge in [0, 0.05) is 12.6 Å². The van der Waals surface area contributed by atoms with Gasteiger partial charge in [-0.25, -0.2) is 0 Å². The maximum atomic E-state index is 12.6. The minimum atomic E-state index is -0.904. The van der Waals surface area contributed by atoms with E-state index in [9.17, 15) is 14.4 Å². The molecular weight excluding hydrogens is 408 g/mol. The highest BCUT2D eigenvalue weighted by Gasteiger charge is 2.40. The summed E-state index contributed by atoms with van der Waals surface area (Å²) >= 11 is 0.848. The van der Waals surface area contributed by atoms with Crippen molar-refractivity contribution in [1.29, 1.82) is 0 Å². The second kappa shape index (κ2) is 8.76. The fourth-order valence-electron chi connectivity index (χ4n) is 3.17. The molecule has 156 valence electrons. The highest BCUT2D eigenvalue weighted by molar-refractivity contribution is 8.15. The van der Waals surface area contributed by atoms with Gasteiger partial charge in [-0.2, -0.15) is 0 Å². The highest BCUT2D eigenvalue weighted by Crippen LogP contribution is 2.31. The third-order valence-corrected chi connectivity index (χ3v) is 5.77. The first-order chi connectivity index (χ1) is 14.6. The lowest BCUT2D eigenvalue weighted by atomic mass is 10.1. The fourth-order valence-corrected chi connectivity index (χ4v) is 4.03. The quantitative estimate of drug-likeness (QED) is 0.670. The minimum Gasteiger partial charge on any atom is -0.497 e. The first kappa shape index (κ1) is 20.2. The van der Waals surface area contributed by atoms with Gasteiger partial charge in [0.05, 0.1) is 25.8 Å². The van der Waals surface area contributed by atoms with Crippen molar-refractivity contribution in [2.45, 2.75) is 12.0 Å². The molecule has 8 nitrogen and oxygen atoms in total. The smallest absolute Gasteiger partial charge is 0.291 e. The van der Waals surface area contributed by atoms with Gasteiger partial charge in [0.1, 0.15) is 11.5 Å². The van der Waals surface area contributed by atoms with Gasteiger partial charge in [-0.05, 0) is 29.5 Å². The van der Waals surface area contributed by atoms with Crippen LogP contribution in [0.4, 0.5) is 4.79 Å². The summed E-state index contributed by atoms with van der Waals surface area (Å²) in [4.78, 5) is 40.0. The lowest BCUT2D eigenvalue weighted by molar-refractivity contribution is -0.134. The Morgan fingerprint density at radius 2 is 1.93 bits per heavy atom. The summed E-state index contributed by atoms with van der Waals surface area (Å²) in [6.07, 6.45) is 0. The topological polar surface area (TPSA) is 85.4 Å². The van der Waals surface area contributed by atoms with Gasteiger partial charge in [-0.15, -0.1) is 0 Å². The van der Waals surface area contributed by atoms with Crippen LogP contribution < -0.4 is 9.47 Å². The van der Waals surface area contributed by atoms with Crippen molar-refractivity contribution in [2.24, 2.45) is 0 Å². The number of amides is 3. The Hall–Kier alpha value is -3.04. The number of carbonyl (C=O) groups excluding carboxylic acids is 3. The molecule has 0 spiro atoms. The zero-order chi connectivity index (χ0) is 21.1. The van der Waals surface area contributed by atoms with Crippen LogP contribution in [0.15, 0.2) is 48.5 Å². The summed E-state index contributed by atoms with van der Waals surface area (Å²) in [7, 11) is 1.55. The summed E-state index contributed by atoms with van der Waals surface area (Å²) in [6.45, 7) is 0.634. The van der Waals surface area contributed by atoms with Crippen molar-refractivity contribution in [3.05, 3.63) is 59.7 Å². The molecule has 2 heterocycles. The Labute approximate surface area is 177 Å². The van der Waals surface area contributed by atoms with Gasteiger partial charge in [0.25, 0.3) is 17.1 Å². The maximum absolute atomic E-state index is 12.6. The lowest BCUT2D eigenvalue weighted by Gasteiger charge is -2.29. The van der Waals surface area contributed by atoms with Crippen LogP contribution in [0.3, 0.4) is 0 Å². The van der Waals surface area contributed by atoms with E-state index in [1.807, 2.05) is 30.3 Å².